The fourth-order valence-corrected chi connectivity index (χ4v) is 5.95. The van der Waals surface area contributed by atoms with Gasteiger partial charge in [-0.15, -0.1) is 0 Å². The van der Waals surface area contributed by atoms with E-state index < -0.39 is 7.14 Å². The summed E-state index contributed by atoms with van der Waals surface area (Å²) in [6.07, 6.45) is 7.97. The molecule has 0 spiro atoms. The summed E-state index contributed by atoms with van der Waals surface area (Å²) in [7, 11) is -2.19. The van der Waals surface area contributed by atoms with E-state index in [-0.39, 0.29) is 0 Å². The van der Waals surface area contributed by atoms with Gasteiger partial charge in [-0.1, -0.05) is 0 Å². The molecule has 0 unspecified atom stereocenters. The molecule has 1 aromatic rings. The highest BCUT2D eigenvalue weighted by molar-refractivity contribution is 7.73. The Morgan fingerprint density at radius 1 is 1.20 bits per heavy atom. The Labute approximate surface area is 89.7 Å². The lowest BCUT2D eigenvalue weighted by molar-refractivity contribution is 0.578. The van der Waals surface area contributed by atoms with Crippen LogP contribution in [0.5, 0.6) is 0 Å². The predicted octanol–water partition coefficient (Wildman–Crippen LogP) is 2.10. The van der Waals surface area contributed by atoms with Crippen molar-refractivity contribution < 1.29 is 4.57 Å². The Morgan fingerprint density at radius 3 is 2.27 bits per heavy atom. The van der Waals surface area contributed by atoms with Crippen LogP contribution in [0, 0.1) is 6.92 Å². The predicted molar refractivity (Wildman–Crippen MR) is 60.1 cm³/mol. The summed E-state index contributed by atoms with van der Waals surface area (Å²) in [5.74, 6) is 0. The molecular formula is C11H15N2OP. The number of rotatable bonds is 3. The SMILES string of the molecule is Cc1cncc(P(=O)(C2CC2)C2CC2)n1. The largest absolute Gasteiger partial charge is 0.316 e. The van der Waals surface area contributed by atoms with Crippen molar-refractivity contribution in [2.24, 2.45) is 0 Å². The van der Waals surface area contributed by atoms with Gasteiger partial charge >= 0.3 is 0 Å². The van der Waals surface area contributed by atoms with E-state index in [0.717, 1.165) is 36.8 Å². The van der Waals surface area contributed by atoms with Crippen molar-refractivity contribution in [1.82, 2.24) is 9.97 Å². The zero-order valence-electron chi connectivity index (χ0n) is 8.89. The van der Waals surface area contributed by atoms with E-state index in [1.807, 2.05) is 6.92 Å². The first kappa shape index (κ1) is 9.53. The molecule has 2 aliphatic carbocycles. The normalized spacial score (nSPS) is 21.7. The summed E-state index contributed by atoms with van der Waals surface area (Å²) in [5, 5.41) is 0. The molecule has 0 bridgehead atoms. The lowest BCUT2D eigenvalue weighted by Crippen LogP contribution is -2.17. The maximum absolute atomic E-state index is 13.0. The van der Waals surface area contributed by atoms with Crippen molar-refractivity contribution in [1.29, 1.82) is 0 Å². The van der Waals surface area contributed by atoms with Gasteiger partial charge < -0.3 is 4.57 Å². The molecule has 3 nitrogen and oxygen atoms in total. The van der Waals surface area contributed by atoms with Crippen molar-refractivity contribution in [2.75, 3.05) is 0 Å². The molecule has 4 heteroatoms. The van der Waals surface area contributed by atoms with Crippen LogP contribution < -0.4 is 5.44 Å². The fourth-order valence-electron chi connectivity index (χ4n) is 2.21. The van der Waals surface area contributed by atoms with Gasteiger partial charge in [0.15, 0.2) is 0 Å². The first-order valence-electron chi connectivity index (χ1n) is 5.60. The molecule has 2 fully saturated rings. The van der Waals surface area contributed by atoms with Crippen LogP contribution in [0.2, 0.25) is 0 Å². The standard InChI is InChI=1S/C11H15N2OP/c1-8-6-12-7-11(13-8)15(14,9-2-3-9)10-4-5-10/h6-7,9-10H,2-5H2,1H3. The lowest BCUT2D eigenvalue weighted by Gasteiger charge is -2.16. The van der Waals surface area contributed by atoms with Crippen molar-refractivity contribution in [3.63, 3.8) is 0 Å². The number of aromatic nitrogens is 2. The fraction of sp³-hybridized carbons (Fsp3) is 0.636. The van der Waals surface area contributed by atoms with Crippen LogP contribution in [0.15, 0.2) is 12.4 Å². The van der Waals surface area contributed by atoms with E-state index in [9.17, 15) is 4.57 Å². The third kappa shape index (κ3) is 1.53. The Bertz CT molecular complexity index is 422. The van der Waals surface area contributed by atoms with Crippen molar-refractivity contribution in [2.45, 2.75) is 43.9 Å². The monoisotopic (exact) mass is 222 g/mol. The minimum atomic E-state index is -2.19. The second kappa shape index (κ2) is 3.15. The van der Waals surface area contributed by atoms with Crippen LogP contribution in [-0.2, 0) is 4.57 Å². The third-order valence-electron chi connectivity index (χ3n) is 3.28. The average molecular weight is 222 g/mol. The van der Waals surface area contributed by atoms with Gasteiger partial charge in [0, 0.05) is 17.5 Å². The quantitative estimate of drug-likeness (QED) is 0.735. The highest BCUT2D eigenvalue weighted by Crippen LogP contribution is 2.68. The first-order valence-corrected chi connectivity index (χ1v) is 7.44. The molecule has 0 aromatic carbocycles. The molecule has 2 saturated carbocycles. The molecule has 1 heterocycles. The molecule has 0 atom stereocenters. The van der Waals surface area contributed by atoms with Crippen molar-refractivity contribution in [3.05, 3.63) is 18.1 Å². The highest BCUT2D eigenvalue weighted by Gasteiger charge is 2.52. The molecule has 0 radical (unpaired) electrons. The highest BCUT2D eigenvalue weighted by atomic mass is 31.2. The summed E-state index contributed by atoms with van der Waals surface area (Å²) in [6, 6.07) is 0. The molecule has 2 aliphatic rings. The van der Waals surface area contributed by atoms with Gasteiger partial charge in [0.25, 0.3) is 0 Å². The molecule has 0 saturated heterocycles. The van der Waals surface area contributed by atoms with Crippen molar-refractivity contribution in [3.8, 4) is 0 Å². The van der Waals surface area contributed by atoms with E-state index in [4.69, 9.17) is 0 Å². The minimum absolute atomic E-state index is 0.432. The maximum atomic E-state index is 13.0. The third-order valence-corrected chi connectivity index (χ3v) is 7.41. The smallest absolute Gasteiger partial charge is 0.140 e. The van der Waals surface area contributed by atoms with Crippen molar-refractivity contribution >= 4 is 12.6 Å². The minimum Gasteiger partial charge on any atom is -0.316 e. The van der Waals surface area contributed by atoms with Crippen LogP contribution in [0.1, 0.15) is 31.4 Å². The van der Waals surface area contributed by atoms with Crippen LogP contribution in [-0.4, -0.2) is 21.3 Å². The molecule has 0 amide bonds. The number of aryl methyl sites for hydroxylation is 1. The van der Waals surface area contributed by atoms with E-state index in [2.05, 4.69) is 9.97 Å². The molecule has 0 N–H and O–H groups in total. The molecule has 15 heavy (non-hydrogen) atoms. The average Bonchev–Trinajstić information content (AvgIpc) is 3.04. The summed E-state index contributed by atoms with van der Waals surface area (Å²) in [6.45, 7) is 1.92. The lowest BCUT2D eigenvalue weighted by atomic mass is 10.5. The Balaban J connectivity index is 2.05. The van der Waals surface area contributed by atoms with Crippen LogP contribution in [0.4, 0.5) is 0 Å². The van der Waals surface area contributed by atoms with Gasteiger partial charge in [0.05, 0.1) is 11.9 Å². The maximum Gasteiger partial charge on any atom is 0.140 e. The van der Waals surface area contributed by atoms with E-state index in [1.54, 1.807) is 12.4 Å². The number of hydrogen-bond donors (Lipinski definition) is 0. The Kier molecular flexibility index (Phi) is 2.00. The van der Waals surface area contributed by atoms with Gasteiger partial charge in [0.1, 0.15) is 12.6 Å². The molecule has 1 aromatic heterocycles. The van der Waals surface area contributed by atoms with Crippen LogP contribution in [0.25, 0.3) is 0 Å². The van der Waals surface area contributed by atoms with Gasteiger partial charge in [-0.2, -0.15) is 0 Å². The number of hydrogen-bond acceptors (Lipinski definition) is 3. The summed E-state index contributed by atoms with van der Waals surface area (Å²) in [5.41, 5.74) is 2.55. The van der Waals surface area contributed by atoms with Crippen LogP contribution in [0.3, 0.4) is 0 Å². The summed E-state index contributed by atoms with van der Waals surface area (Å²) in [4.78, 5) is 8.58. The summed E-state index contributed by atoms with van der Waals surface area (Å²) < 4.78 is 13.0. The number of nitrogens with zero attached hydrogens (tertiary/aromatic N) is 2. The Hall–Kier alpha value is -0.690. The Morgan fingerprint density at radius 2 is 1.80 bits per heavy atom. The van der Waals surface area contributed by atoms with Gasteiger partial charge in [-0.05, 0) is 32.6 Å². The zero-order valence-corrected chi connectivity index (χ0v) is 9.78. The van der Waals surface area contributed by atoms with Gasteiger partial charge in [-0.25, -0.2) is 4.98 Å². The second-order valence-electron chi connectivity index (χ2n) is 4.69. The van der Waals surface area contributed by atoms with Gasteiger partial charge in [0.2, 0.25) is 0 Å². The first-order chi connectivity index (χ1) is 7.21. The van der Waals surface area contributed by atoms with E-state index >= 15 is 0 Å². The zero-order chi connectivity index (χ0) is 10.5. The molecule has 3 rings (SSSR count). The second-order valence-corrected chi connectivity index (χ2v) is 8.03. The van der Waals surface area contributed by atoms with E-state index in [1.165, 1.54) is 0 Å². The molecule has 80 valence electrons. The van der Waals surface area contributed by atoms with Gasteiger partial charge in [-0.3, -0.25) is 4.98 Å². The topological polar surface area (TPSA) is 42.9 Å². The summed E-state index contributed by atoms with van der Waals surface area (Å²) >= 11 is 0. The molecule has 0 aliphatic heterocycles. The van der Waals surface area contributed by atoms with Crippen LogP contribution >= 0.6 is 7.14 Å². The van der Waals surface area contributed by atoms with E-state index in [0.29, 0.717) is 11.3 Å². The molecular weight excluding hydrogens is 207 g/mol.